The summed E-state index contributed by atoms with van der Waals surface area (Å²) < 4.78 is 0. The molecule has 0 aromatic rings. The lowest BCUT2D eigenvalue weighted by Crippen LogP contribution is -2.44. The van der Waals surface area contributed by atoms with Gasteiger partial charge in [-0.3, -0.25) is 0 Å². The van der Waals surface area contributed by atoms with Gasteiger partial charge in [-0.25, -0.2) is 0 Å². The molecule has 2 aliphatic rings. The van der Waals surface area contributed by atoms with E-state index in [1.165, 1.54) is 51.4 Å². The minimum atomic E-state index is 0.792. The molecule has 0 heteroatoms. The van der Waals surface area contributed by atoms with Crippen molar-refractivity contribution in [1.29, 1.82) is 0 Å². The second kappa shape index (κ2) is 3.63. The Bertz CT molecular complexity index is 173. The predicted octanol–water partition coefficient (Wildman–Crippen LogP) is 4.39. The third kappa shape index (κ3) is 1.53. The molecule has 3 atom stereocenters. The van der Waals surface area contributed by atoms with Crippen molar-refractivity contribution in [1.82, 2.24) is 0 Å². The van der Waals surface area contributed by atoms with Crippen LogP contribution in [0, 0.1) is 17.3 Å². The fraction of sp³-hybridized carbons (Fsp3) is 1.00. The molecule has 0 saturated heterocycles. The van der Waals surface area contributed by atoms with E-state index in [9.17, 15) is 0 Å². The standard InChI is InChI=1S/C13H24/c1-11-7-5-3-4-6-9-13(11)10-8-12(13)2/h11-12H,3-10H2,1-2H3. The smallest absolute Gasteiger partial charge is 0.0246 e. The Morgan fingerprint density at radius 2 is 1.46 bits per heavy atom. The van der Waals surface area contributed by atoms with E-state index in [1.807, 2.05) is 0 Å². The summed E-state index contributed by atoms with van der Waals surface area (Å²) in [6, 6.07) is 0. The van der Waals surface area contributed by atoms with Crippen LogP contribution in [-0.4, -0.2) is 0 Å². The molecule has 2 aliphatic carbocycles. The Balaban J connectivity index is 2.04. The molecule has 2 rings (SSSR count). The molecular formula is C13H24. The second-order valence-electron chi connectivity index (χ2n) is 5.53. The van der Waals surface area contributed by atoms with Gasteiger partial charge in [-0.05, 0) is 36.5 Å². The average Bonchev–Trinajstić information content (AvgIpc) is 2.10. The molecule has 13 heavy (non-hydrogen) atoms. The molecule has 3 unspecified atom stereocenters. The monoisotopic (exact) mass is 180 g/mol. The van der Waals surface area contributed by atoms with E-state index in [0.717, 1.165) is 17.3 Å². The predicted molar refractivity (Wildman–Crippen MR) is 57.7 cm³/mol. The number of rotatable bonds is 0. The zero-order valence-electron chi connectivity index (χ0n) is 9.31. The lowest BCUT2D eigenvalue weighted by molar-refractivity contribution is -0.0339. The van der Waals surface area contributed by atoms with E-state index in [2.05, 4.69) is 13.8 Å². The lowest BCUT2D eigenvalue weighted by atomic mass is 9.52. The minimum absolute atomic E-state index is 0.792. The van der Waals surface area contributed by atoms with Gasteiger partial charge in [-0.1, -0.05) is 46.0 Å². The van der Waals surface area contributed by atoms with Crippen LogP contribution < -0.4 is 0 Å². The van der Waals surface area contributed by atoms with E-state index >= 15 is 0 Å². The van der Waals surface area contributed by atoms with Crippen LogP contribution in [0.2, 0.25) is 0 Å². The molecule has 0 aliphatic heterocycles. The third-order valence-electron chi connectivity index (χ3n) is 5.04. The van der Waals surface area contributed by atoms with Crippen molar-refractivity contribution in [2.24, 2.45) is 17.3 Å². The molecule has 0 amide bonds. The van der Waals surface area contributed by atoms with Gasteiger partial charge in [0.25, 0.3) is 0 Å². The van der Waals surface area contributed by atoms with Crippen LogP contribution in [0.25, 0.3) is 0 Å². The van der Waals surface area contributed by atoms with Crippen LogP contribution in [0.5, 0.6) is 0 Å². The van der Waals surface area contributed by atoms with Gasteiger partial charge in [0, 0.05) is 0 Å². The van der Waals surface area contributed by atoms with Gasteiger partial charge in [-0.15, -0.1) is 0 Å². The molecule has 2 saturated carbocycles. The summed E-state index contributed by atoms with van der Waals surface area (Å²) in [4.78, 5) is 0. The van der Waals surface area contributed by atoms with Crippen molar-refractivity contribution in [3.63, 3.8) is 0 Å². The second-order valence-corrected chi connectivity index (χ2v) is 5.53. The summed E-state index contributed by atoms with van der Waals surface area (Å²) in [6.07, 6.45) is 12.1. The Kier molecular flexibility index (Phi) is 2.67. The van der Waals surface area contributed by atoms with Crippen molar-refractivity contribution < 1.29 is 0 Å². The quantitative estimate of drug-likeness (QED) is 0.518. The van der Waals surface area contributed by atoms with E-state index in [0.29, 0.717) is 0 Å². The molecule has 2 fully saturated rings. The summed E-state index contributed by atoms with van der Waals surface area (Å²) in [5, 5.41) is 0. The molecular weight excluding hydrogens is 156 g/mol. The minimum Gasteiger partial charge on any atom is -0.0620 e. The SMILES string of the molecule is CC1CCCCCCC12CCC2C. The van der Waals surface area contributed by atoms with Crippen molar-refractivity contribution in [2.75, 3.05) is 0 Å². The van der Waals surface area contributed by atoms with E-state index in [4.69, 9.17) is 0 Å². The average molecular weight is 180 g/mol. The Morgan fingerprint density at radius 3 is 2.08 bits per heavy atom. The van der Waals surface area contributed by atoms with Crippen LogP contribution in [0.4, 0.5) is 0 Å². The van der Waals surface area contributed by atoms with Crippen molar-refractivity contribution >= 4 is 0 Å². The zero-order valence-corrected chi connectivity index (χ0v) is 9.31. The topological polar surface area (TPSA) is 0 Å². The van der Waals surface area contributed by atoms with Crippen molar-refractivity contribution in [3.8, 4) is 0 Å². The number of hydrogen-bond acceptors (Lipinski definition) is 0. The first-order valence-electron chi connectivity index (χ1n) is 6.26. The number of hydrogen-bond donors (Lipinski definition) is 0. The van der Waals surface area contributed by atoms with Crippen LogP contribution in [-0.2, 0) is 0 Å². The van der Waals surface area contributed by atoms with Gasteiger partial charge in [0.05, 0.1) is 0 Å². The Morgan fingerprint density at radius 1 is 0.769 bits per heavy atom. The summed E-state index contributed by atoms with van der Waals surface area (Å²) in [5.74, 6) is 2.04. The molecule has 0 bridgehead atoms. The molecule has 1 spiro atoms. The molecule has 0 radical (unpaired) electrons. The normalized spacial score (nSPS) is 46.6. The van der Waals surface area contributed by atoms with Crippen LogP contribution in [0.15, 0.2) is 0 Å². The zero-order chi connectivity index (χ0) is 9.31. The van der Waals surface area contributed by atoms with E-state index in [1.54, 1.807) is 0 Å². The van der Waals surface area contributed by atoms with Gasteiger partial charge in [0.1, 0.15) is 0 Å². The Hall–Kier alpha value is 0. The maximum Gasteiger partial charge on any atom is -0.0246 e. The third-order valence-corrected chi connectivity index (χ3v) is 5.04. The highest BCUT2D eigenvalue weighted by molar-refractivity contribution is 4.97. The fourth-order valence-electron chi connectivity index (χ4n) is 3.70. The van der Waals surface area contributed by atoms with Crippen LogP contribution in [0.1, 0.15) is 65.2 Å². The molecule has 76 valence electrons. The largest absolute Gasteiger partial charge is 0.0620 e. The molecule has 0 N–H and O–H groups in total. The van der Waals surface area contributed by atoms with Gasteiger partial charge in [0.15, 0.2) is 0 Å². The maximum atomic E-state index is 2.51. The fourth-order valence-corrected chi connectivity index (χ4v) is 3.70. The first kappa shape index (κ1) is 9.55. The molecule has 0 aromatic carbocycles. The summed E-state index contributed by atoms with van der Waals surface area (Å²) in [6.45, 7) is 5.00. The highest BCUT2D eigenvalue weighted by atomic mass is 14.5. The van der Waals surface area contributed by atoms with Gasteiger partial charge in [-0.2, -0.15) is 0 Å². The van der Waals surface area contributed by atoms with Gasteiger partial charge >= 0.3 is 0 Å². The van der Waals surface area contributed by atoms with Crippen LogP contribution in [0.3, 0.4) is 0 Å². The van der Waals surface area contributed by atoms with E-state index < -0.39 is 0 Å². The molecule has 0 aromatic heterocycles. The highest BCUT2D eigenvalue weighted by Gasteiger charge is 2.46. The van der Waals surface area contributed by atoms with Crippen molar-refractivity contribution in [2.45, 2.75) is 65.2 Å². The lowest BCUT2D eigenvalue weighted by Gasteiger charge is -2.53. The van der Waals surface area contributed by atoms with E-state index in [-0.39, 0.29) is 0 Å². The first-order valence-corrected chi connectivity index (χ1v) is 6.26. The molecule has 0 heterocycles. The summed E-state index contributed by atoms with van der Waals surface area (Å²) in [7, 11) is 0. The molecule has 0 nitrogen and oxygen atoms in total. The first-order chi connectivity index (χ1) is 6.26. The summed E-state index contributed by atoms with van der Waals surface area (Å²) >= 11 is 0. The van der Waals surface area contributed by atoms with Gasteiger partial charge < -0.3 is 0 Å². The van der Waals surface area contributed by atoms with Crippen molar-refractivity contribution in [3.05, 3.63) is 0 Å². The van der Waals surface area contributed by atoms with Crippen LogP contribution >= 0.6 is 0 Å². The highest BCUT2D eigenvalue weighted by Crippen LogP contribution is 2.56. The maximum absolute atomic E-state index is 2.51. The summed E-state index contributed by atoms with van der Waals surface area (Å²) in [5.41, 5.74) is 0.792. The van der Waals surface area contributed by atoms with Gasteiger partial charge in [0.2, 0.25) is 0 Å². The Labute approximate surface area is 83.1 Å².